The summed E-state index contributed by atoms with van der Waals surface area (Å²) in [4.78, 5) is 15.6. The number of pyridine rings is 1. The Labute approximate surface area is 181 Å². The fourth-order valence-corrected chi connectivity index (χ4v) is 4.38. The standard InChI is InChI=1S/C23H16ClFN6/c1-30-22-8-15(10-26-20(22)11-29-30)13-2-3-19-16(6-13)23(28-12-27-19)31-5-4-14-7-18(25)17(24)9-21(14)31/h2-3,6-12H,4-5H2,1H3. The van der Waals surface area contributed by atoms with Crippen molar-refractivity contribution in [3.05, 3.63) is 71.5 Å². The van der Waals surface area contributed by atoms with Crippen molar-refractivity contribution in [2.75, 3.05) is 11.4 Å². The second-order valence-electron chi connectivity index (χ2n) is 7.62. The zero-order chi connectivity index (χ0) is 21.1. The highest BCUT2D eigenvalue weighted by Crippen LogP contribution is 2.39. The fourth-order valence-electron chi connectivity index (χ4n) is 4.22. The van der Waals surface area contributed by atoms with E-state index in [1.54, 1.807) is 18.6 Å². The first-order valence-corrected chi connectivity index (χ1v) is 10.2. The molecule has 0 radical (unpaired) electrons. The number of anilines is 2. The van der Waals surface area contributed by atoms with Gasteiger partial charge in [0.1, 0.15) is 23.5 Å². The van der Waals surface area contributed by atoms with Crippen molar-refractivity contribution in [3.63, 3.8) is 0 Å². The van der Waals surface area contributed by atoms with Crippen LogP contribution >= 0.6 is 11.6 Å². The lowest BCUT2D eigenvalue weighted by Gasteiger charge is -2.20. The van der Waals surface area contributed by atoms with Crippen LogP contribution in [0.5, 0.6) is 0 Å². The Bertz CT molecular complexity index is 1500. The zero-order valence-electron chi connectivity index (χ0n) is 16.5. The van der Waals surface area contributed by atoms with Crippen LogP contribution in [0.4, 0.5) is 15.9 Å². The average molecular weight is 431 g/mol. The highest BCUT2D eigenvalue weighted by atomic mass is 35.5. The lowest BCUT2D eigenvalue weighted by atomic mass is 10.0. The molecular formula is C23H16ClFN6. The van der Waals surface area contributed by atoms with Crippen LogP contribution in [0.2, 0.25) is 5.02 Å². The molecule has 0 aliphatic carbocycles. The van der Waals surface area contributed by atoms with Crippen LogP contribution in [0.1, 0.15) is 5.56 Å². The maximum atomic E-state index is 13.9. The van der Waals surface area contributed by atoms with Crippen molar-refractivity contribution in [2.24, 2.45) is 7.05 Å². The highest BCUT2D eigenvalue weighted by Gasteiger charge is 2.25. The molecule has 0 amide bonds. The van der Waals surface area contributed by atoms with E-state index in [1.165, 1.54) is 6.07 Å². The molecule has 5 aromatic rings. The van der Waals surface area contributed by atoms with E-state index in [1.807, 2.05) is 30.1 Å². The van der Waals surface area contributed by atoms with Gasteiger partial charge in [0, 0.05) is 36.4 Å². The lowest BCUT2D eigenvalue weighted by Crippen LogP contribution is -2.15. The van der Waals surface area contributed by atoms with Crippen LogP contribution in [0.15, 0.2) is 55.1 Å². The molecular weight excluding hydrogens is 415 g/mol. The molecule has 6 nitrogen and oxygen atoms in total. The summed E-state index contributed by atoms with van der Waals surface area (Å²) in [6, 6.07) is 11.4. The molecule has 0 saturated heterocycles. The first kappa shape index (κ1) is 18.2. The van der Waals surface area contributed by atoms with Gasteiger partial charge in [0.2, 0.25) is 0 Å². The molecule has 6 rings (SSSR count). The number of fused-ring (bicyclic) bond motifs is 3. The molecule has 152 valence electrons. The highest BCUT2D eigenvalue weighted by molar-refractivity contribution is 6.31. The van der Waals surface area contributed by atoms with Crippen LogP contribution in [-0.4, -0.2) is 31.3 Å². The lowest BCUT2D eigenvalue weighted by molar-refractivity contribution is 0.627. The summed E-state index contributed by atoms with van der Waals surface area (Å²) in [7, 11) is 1.90. The topological polar surface area (TPSA) is 59.7 Å². The summed E-state index contributed by atoms with van der Waals surface area (Å²) in [6.45, 7) is 0.702. The minimum atomic E-state index is -0.393. The maximum Gasteiger partial charge on any atom is 0.144 e. The number of nitrogens with zero attached hydrogens (tertiary/aromatic N) is 6. The number of benzene rings is 2. The second-order valence-corrected chi connectivity index (χ2v) is 8.03. The van der Waals surface area contributed by atoms with Gasteiger partial charge in [-0.05, 0) is 47.9 Å². The number of halogens is 2. The maximum absolute atomic E-state index is 13.9. The van der Waals surface area contributed by atoms with Crippen molar-refractivity contribution < 1.29 is 4.39 Å². The number of aryl methyl sites for hydroxylation is 1. The normalized spacial score (nSPS) is 13.3. The van der Waals surface area contributed by atoms with Crippen molar-refractivity contribution in [3.8, 4) is 11.1 Å². The SMILES string of the molecule is Cn1ncc2ncc(-c3ccc4ncnc(N5CCc6cc(F)c(Cl)cc65)c4c3)cc21. The number of aromatic nitrogens is 5. The van der Waals surface area contributed by atoms with E-state index in [2.05, 4.69) is 37.1 Å². The van der Waals surface area contributed by atoms with Crippen LogP contribution < -0.4 is 4.90 Å². The molecule has 8 heteroatoms. The van der Waals surface area contributed by atoms with Gasteiger partial charge in [-0.25, -0.2) is 14.4 Å². The van der Waals surface area contributed by atoms with Gasteiger partial charge in [-0.15, -0.1) is 0 Å². The van der Waals surface area contributed by atoms with E-state index < -0.39 is 5.82 Å². The predicted octanol–water partition coefficient (Wildman–Crippen LogP) is 5.07. The summed E-state index contributed by atoms with van der Waals surface area (Å²) in [5.41, 5.74) is 6.46. The van der Waals surface area contributed by atoms with Crippen LogP contribution in [0.3, 0.4) is 0 Å². The molecule has 0 atom stereocenters. The molecule has 0 fully saturated rings. The molecule has 2 aromatic carbocycles. The fraction of sp³-hybridized carbons (Fsp3) is 0.130. The average Bonchev–Trinajstić information content (AvgIpc) is 3.36. The van der Waals surface area contributed by atoms with Crippen LogP contribution in [0, 0.1) is 5.82 Å². The summed E-state index contributed by atoms with van der Waals surface area (Å²) in [5, 5.41) is 5.30. The van der Waals surface area contributed by atoms with Gasteiger partial charge in [-0.2, -0.15) is 5.10 Å². The second kappa shape index (κ2) is 6.72. The molecule has 31 heavy (non-hydrogen) atoms. The molecule has 1 aliphatic rings. The van der Waals surface area contributed by atoms with Crippen molar-refractivity contribution in [1.82, 2.24) is 24.7 Å². The Morgan fingerprint density at radius 2 is 1.87 bits per heavy atom. The predicted molar refractivity (Wildman–Crippen MR) is 119 cm³/mol. The molecule has 0 bridgehead atoms. The third-order valence-corrected chi connectivity index (χ3v) is 6.11. The summed E-state index contributed by atoms with van der Waals surface area (Å²) in [5.74, 6) is 0.387. The van der Waals surface area contributed by atoms with Gasteiger partial charge < -0.3 is 4.90 Å². The number of hydrogen-bond donors (Lipinski definition) is 0. The Morgan fingerprint density at radius 1 is 0.968 bits per heavy atom. The first-order chi connectivity index (χ1) is 15.1. The molecule has 0 unspecified atom stereocenters. The third-order valence-electron chi connectivity index (χ3n) is 5.82. The molecule has 0 saturated carbocycles. The Kier molecular flexibility index (Phi) is 3.94. The Balaban J connectivity index is 1.51. The van der Waals surface area contributed by atoms with Gasteiger partial charge in [0.15, 0.2) is 0 Å². The van der Waals surface area contributed by atoms with E-state index in [9.17, 15) is 4.39 Å². The van der Waals surface area contributed by atoms with Crippen LogP contribution in [0.25, 0.3) is 33.1 Å². The first-order valence-electron chi connectivity index (χ1n) is 9.87. The molecule has 3 aromatic heterocycles. The minimum absolute atomic E-state index is 0.111. The molecule has 0 spiro atoms. The van der Waals surface area contributed by atoms with Gasteiger partial charge >= 0.3 is 0 Å². The zero-order valence-corrected chi connectivity index (χ0v) is 17.3. The van der Waals surface area contributed by atoms with Crippen molar-refractivity contribution >= 4 is 45.0 Å². The largest absolute Gasteiger partial charge is 0.325 e. The Morgan fingerprint density at radius 3 is 2.77 bits per heavy atom. The van der Waals surface area contributed by atoms with E-state index in [-0.39, 0.29) is 5.02 Å². The Hall–Kier alpha value is -3.58. The number of hydrogen-bond acceptors (Lipinski definition) is 5. The molecule has 4 heterocycles. The van der Waals surface area contributed by atoms with E-state index in [4.69, 9.17) is 11.6 Å². The van der Waals surface area contributed by atoms with Crippen molar-refractivity contribution in [1.29, 1.82) is 0 Å². The minimum Gasteiger partial charge on any atom is -0.325 e. The van der Waals surface area contributed by atoms with E-state index in [0.717, 1.165) is 56.6 Å². The van der Waals surface area contributed by atoms with Gasteiger partial charge in [-0.1, -0.05) is 17.7 Å². The van der Waals surface area contributed by atoms with E-state index in [0.29, 0.717) is 6.54 Å². The van der Waals surface area contributed by atoms with Crippen LogP contribution in [-0.2, 0) is 13.5 Å². The van der Waals surface area contributed by atoms with Gasteiger partial charge in [0.05, 0.1) is 22.3 Å². The number of rotatable bonds is 2. The molecule has 0 N–H and O–H groups in total. The van der Waals surface area contributed by atoms with Gasteiger partial charge in [-0.3, -0.25) is 9.67 Å². The molecule has 1 aliphatic heterocycles. The summed E-state index contributed by atoms with van der Waals surface area (Å²) < 4.78 is 15.7. The van der Waals surface area contributed by atoms with E-state index >= 15 is 0 Å². The van der Waals surface area contributed by atoms with Crippen molar-refractivity contribution in [2.45, 2.75) is 6.42 Å². The summed E-state index contributed by atoms with van der Waals surface area (Å²) >= 11 is 6.07. The summed E-state index contributed by atoms with van der Waals surface area (Å²) in [6.07, 6.45) is 5.89. The monoisotopic (exact) mass is 430 g/mol. The van der Waals surface area contributed by atoms with Gasteiger partial charge in [0.25, 0.3) is 0 Å². The quantitative estimate of drug-likeness (QED) is 0.391. The smallest absolute Gasteiger partial charge is 0.144 e. The third kappa shape index (κ3) is 2.84.